The molecule has 1 aliphatic rings. The molecule has 1 aliphatic heterocycles. The molecule has 7 heteroatoms. The van der Waals surface area contributed by atoms with Crippen LogP contribution in [0.1, 0.15) is 16.7 Å². The Hall–Kier alpha value is -3.22. The summed E-state index contributed by atoms with van der Waals surface area (Å²) in [5, 5.41) is 2.72. The molecule has 0 aromatic heterocycles. The minimum absolute atomic E-state index is 0.0163. The third kappa shape index (κ3) is 4.99. The summed E-state index contributed by atoms with van der Waals surface area (Å²) in [6, 6.07) is 11.2. The van der Waals surface area contributed by atoms with E-state index in [1.165, 1.54) is 0 Å². The molecule has 2 aromatic carbocycles. The van der Waals surface area contributed by atoms with Crippen LogP contribution in [0.15, 0.2) is 36.4 Å². The van der Waals surface area contributed by atoms with Crippen molar-refractivity contribution >= 4 is 11.8 Å². The van der Waals surface area contributed by atoms with Crippen molar-refractivity contribution < 1.29 is 23.8 Å². The molecule has 0 unspecified atom stereocenters. The number of hydrogen-bond donors (Lipinski definition) is 1. The Labute approximate surface area is 170 Å². The van der Waals surface area contributed by atoms with Crippen LogP contribution in [-0.2, 0) is 29.0 Å². The third-order valence-electron chi connectivity index (χ3n) is 5.03. The summed E-state index contributed by atoms with van der Waals surface area (Å²) >= 11 is 0. The van der Waals surface area contributed by atoms with Gasteiger partial charge in [-0.05, 0) is 47.4 Å². The van der Waals surface area contributed by atoms with Crippen molar-refractivity contribution in [3.8, 4) is 17.2 Å². The maximum Gasteiger partial charge on any atom is 0.242 e. The van der Waals surface area contributed by atoms with Crippen LogP contribution in [0.2, 0.25) is 0 Å². The molecule has 0 aliphatic carbocycles. The number of benzene rings is 2. The number of hydrogen-bond acceptors (Lipinski definition) is 5. The summed E-state index contributed by atoms with van der Waals surface area (Å²) in [7, 11) is 4.80. The van der Waals surface area contributed by atoms with E-state index in [2.05, 4.69) is 5.32 Å². The Bertz CT molecular complexity index is 880. The molecule has 0 bridgehead atoms. The first-order chi connectivity index (χ1) is 14.0. The highest BCUT2D eigenvalue weighted by molar-refractivity contribution is 5.86. The topological polar surface area (TPSA) is 77.1 Å². The lowest BCUT2D eigenvalue weighted by Gasteiger charge is -2.29. The monoisotopic (exact) mass is 398 g/mol. The molecule has 0 saturated heterocycles. The number of ether oxygens (including phenoxy) is 3. The number of methoxy groups -OCH3 is 3. The molecule has 2 amide bonds. The molecular formula is C22H26N2O5. The van der Waals surface area contributed by atoms with E-state index in [4.69, 9.17) is 14.2 Å². The molecule has 0 atom stereocenters. The molecule has 0 fully saturated rings. The Morgan fingerprint density at radius 1 is 0.966 bits per heavy atom. The highest BCUT2D eigenvalue weighted by Gasteiger charge is 2.23. The van der Waals surface area contributed by atoms with Crippen molar-refractivity contribution in [2.45, 2.75) is 19.4 Å². The van der Waals surface area contributed by atoms with Crippen LogP contribution in [0.25, 0.3) is 0 Å². The van der Waals surface area contributed by atoms with Crippen molar-refractivity contribution in [2.24, 2.45) is 0 Å². The maximum atomic E-state index is 12.6. The first kappa shape index (κ1) is 20.5. The van der Waals surface area contributed by atoms with Crippen molar-refractivity contribution in [3.63, 3.8) is 0 Å². The van der Waals surface area contributed by atoms with Gasteiger partial charge in [0.05, 0.1) is 34.3 Å². The molecule has 0 spiro atoms. The van der Waals surface area contributed by atoms with Gasteiger partial charge in [-0.2, -0.15) is 0 Å². The summed E-state index contributed by atoms with van der Waals surface area (Å²) in [5.41, 5.74) is 3.05. The number of carbonyl (C=O) groups is 2. The van der Waals surface area contributed by atoms with Crippen LogP contribution in [0.3, 0.4) is 0 Å². The van der Waals surface area contributed by atoms with Crippen molar-refractivity contribution in [2.75, 3.05) is 34.4 Å². The van der Waals surface area contributed by atoms with Crippen LogP contribution < -0.4 is 19.5 Å². The number of nitrogens with one attached hydrogen (secondary N) is 1. The van der Waals surface area contributed by atoms with E-state index in [9.17, 15) is 9.59 Å². The largest absolute Gasteiger partial charge is 0.497 e. The predicted octanol–water partition coefficient (Wildman–Crippen LogP) is 1.96. The van der Waals surface area contributed by atoms with E-state index >= 15 is 0 Å². The number of fused-ring (bicyclic) bond motifs is 1. The number of amides is 2. The van der Waals surface area contributed by atoms with Gasteiger partial charge in [-0.3, -0.25) is 9.59 Å². The molecule has 2 aromatic rings. The van der Waals surface area contributed by atoms with Crippen LogP contribution in [0.5, 0.6) is 17.2 Å². The molecule has 7 nitrogen and oxygen atoms in total. The number of carbonyl (C=O) groups excluding carboxylic acids is 2. The fraction of sp³-hybridized carbons (Fsp3) is 0.364. The van der Waals surface area contributed by atoms with Gasteiger partial charge in [0, 0.05) is 13.1 Å². The van der Waals surface area contributed by atoms with Crippen LogP contribution in [-0.4, -0.2) is 51.1 Å². The van der Waals surface area contributed by atoms with Gasteiger partial charge in [-0.15, -0.1) is 0 Å². The van der Waals surface area contributed by atoms with E-state index in [0.29, 0.717) is 24.6 Å². The lowest BCUT2D eigenvalue weighted by atomic mass is 9.98. The molecule has 1 heterocycles. The van der Waals surface area contributed by atoms with Crippen LogP contribution in [0.4, 0.5) is 0 Å². The molecule has 3 rings (SSSR count). The SMILES string of the molecule is COc1ccc(CC(=O)NCC(=O)N2CCc3cc(OC)c(OC)cc3C2)cc1. The van der Waals surface area contributed by atoms with Gasteiger partial charge in [0.15, 0.2) is 11.5 Å². The molecule has 29 heavy (non-hydrogen) atoms. The standard InChI is InChI=1S/C22H26N2O5/c1-27-18-6-4-15(5-7-18)10-21(25)23-13-22(26)24-9-8-16-11-19(28-2)20(29-3)12-17(16)14-24/h4-7,11-12H,8-10,13-14H2,1-3H3,(H,23,25). The minimum atomic E-state index is -0.188. The quantitative estimate of drug-likeness (QED) is 0.772. The van der Waals surface area contributed by atoms with Gasteiger partial charge in [0.2, 0.25) is 11.8 Å². The molecule has 1 N–H and O–H groups in total. The Balaban J connectivity index is 1.54. The Morgan fingerprint density at radius 3 is 2.24 bits per heavy atom. The molecule has 0 saturated carbocycles. The Morgan fingerprint density at radius 2 is 1.62 bits per heavy atom. The summed E-state index contributed by atoms with van der Waals surface area (Å²) in [6.45, 7) is 1.08. The number of nitrogens with zero attached hydrogens (tertiary/aromatic N) is 1. The van der Waals surface area contributed by atoms with Crippen molar-refractivity contribution in [3.05, 3.63) is 53.1 Å². The number of rotatable bonds is 7. The van der Waals surface area contributed by atoms with Gasteiger partial charge in [0.1, 0.15) is 5.75 Å². The first-order valence-electron chi connectivity index (χ1n) is 9.45. The van der Waals surface area contributed by atoms with Crippen molar-refractivity contribution in [1.82, 2.24) is 10.2 Å². The molecular weight excluding hydrogens is 372 g/mol. The summed E-state index contributed by atoms with van der Waals surface area (Å²) in [6.07, 6.45) is 0.957. The second-order valence-corrected chi connectivity index (χ2v) is 6.84. The van der Waals surface area contributed by atoms with Gasteiger partial charge >= 0.3 is 0 Å². The zero-order valence-electron chi connectivity index (χ0n) is 17.0. The second kappa shape index (κ2) is 9.32. The van der Waals surface area contributed by atoms with E-state index in [0.717, 1.165) is 28.9 Å². The Kier molecular flexibility index (Phi) is 6.59. The highest BCUT2D eigenvalue weighted by atomic mass is 16.5. The van der Waals surface area contributed by atoms with Gasteiger partial charge in [-0.25, -0.2) is 0 Å². The molecule has 0 radical (unpaired) electrons. The van der Waals surface area contributed by atoms with E-state index in [1.54, 1.807) is 26.2 Å². The normalized spacial score (nSPS) is 12.7. The lowest BCUT2D eigenvalue weighted by Crippen LogP contribution is -2.42. The average molecular weight is 398 g/mol. The summed E-state index contributed by atoms with van der Waals surface area (Å²) in [5.74, 6) is 1.79. The van der Waals surface area contributed by atoms with Gasteiger partial charge in [0.25, 0.3) is 0 Å². The van der Waals surface area contributed by atoms with E-state index < -0.39 is 0 Å². The fourth-order valence-corrected chi connectivity index (χ4v) is 3.37. The predicted molar refractivity (Wildman–Crippen MR) is 108 cm³/mol. The minimum Gasteiger partial charge on any atom is -0.497 e. The maximum absolute atomic E-state index is 12.6. The summed E-state index contributed by atoms with van der Waals surface area (Å²) in [4.78, 5) is 26.5. The highest BCUT2D eigenvalue weighted by Crippen LogP contribution is 2.33. The first-order valence-corrected chi connectivity index (χ1v) is 9.45. The third-order valence-corrected chi connectivity index (χ3v) is 5.03. The zero-order valence-corrected chi connectivity index (χ0v) is 17.0. The van der Waals surface area contributed by atoms with Gasteiger partial charge < -0.3 is 24.4 Å². The van der Waals surface area contributed by atoms with Gasteiger partial charge in [-0.1, -0.05) is 12.1 Å². The van der Waals surface area contributed by atoms with E-state index in [-0.39, 0.29) is 24.8 Å². The van der Waals surface area contributed by atoms with Crippen molar-refractivity contribution in [1.29, 1.82) is 0 Å². The van der Waals surface area contributed by atoms with Crippen LogP contribution >= 0.6 is 0 Å². The molecule has 154 valence electrons. The fourth-order valence-electron chi connectivity index (χ4n) is 3.37. The average Bonchev–Trinajstić information content (AvgIpc) is 2.76. The summed E-state index contributed by atoms with van der Waals surface area (Å²) < 4.78 is 15.8. The second-order valence-electron chi connectivity index (χ2n) is 6.84. The lowest BCUT2D eigenvalue weighted by molar-refractivity contribution is -0.133. The van der Waals surface area contributed by atoms with E-state index in [1.807, 2.05) is 36.4 Å². The van der Waals surface area contributed by atoms with Crippen LogP contribution in [0, 0.1) is 0 Å². The smallest absolute Gasteiger partial charge is 0.242 e. The zero-order chi connectivity index (χ0) is 20.8.